The number of rotatable bonds is 3. The van der Waals surface area contributed by atoms with E-state index in [2.05, 4.69) is 0 Å². The third kappa shape index (κ3) is 2.86. The maximum atomic E-state index is 11.7. The zero-order chi connectivity index (χ0) is 9.90. The standard InChI is InChI=1S/C10H11O2S.ClH/c1-10(2,13-12)9(11)8-6-4-3-5-7-8;/h3-7H,1-2H3;1H/q+1;/p-1. The molecular weight excluding hydrogens is 220 g/mol. The smallest absolute Gasteiger partial charge is 0.473 e. The Labute approximate surface area is 93.6 Å². The maximum Gasteiger partial charge on any atom is 0.473 e. The molecule has 0 spiro atoms. The molecule has 76 valence electrons. The van der Waals surface area contributed by atoms with Gasteiger partial charge in [0, 0.05) is 23.6 Å². The number of carbonyl (C=O) groups is 1. The number of benzene rings is 1. The molecular formula is C10H11ClO2S. The van der Waals surface area contributed by atoms with Gasteiger partial charge in [-0.3, -0.25) is 4.79 Å². The summed E-state index contributed by atoms with van der Waals surface area (Å²) in [6, 6.07) is 8.87. The Morgan fingerprint density at radius 3 is 2.14 bits per heavy atom. The molecule has 0 radical (unpaired) electrons. The van der Waals surface area contributed by atoms with E-state index in [9.17, 15) is 9.00 Å². The zero-order valence-electron chi connectivity index (χ0n) is 7.99. The van der Waals surface area contributed by atoms with Crippen LogP contribution in [0.15, 0.2) is 30.3 Å². The van der Waals surface area contributed by atoms with Crippen LogP contribution in [-0.4, -0.2) is 10.5 Å². The van der Waals surface area contributed by atoms with Crippen molar-refractivity contribution >= 4 is 17.4 Å². The van der Waals surface area contributed by atoms with Crippen molar-refractivity contribution in [2.45, 2.75) is 18.6 Å². The fourth-order valence-electron chi connectivity index (χ4n) is 0.975. The van der Waals surface area contributed by atoms with Gasteiger partial charge in [0.1, 0.15) is 0 Å². The summed E-state index contributed by atoms with van der Waals surface area (Å²) >= 11 is 0.330. The number of hydrogen-bond acceptors (Lipinski definition) is 2. The lowest BCUT2D eigenvalue weighted by Crippen LogP contribution is -3.00. The van der Waals surface area contributed by atoms with Crippen molar-refractivity contribution in [1.82, 2.24) is 0 Å². The molecule has 0 unspecified atom stereocenters. The fraction of sp³-hybridized carbons (Fsp3) is 0.300. The van der Waals surface area contributed by atoms with Crippen LogP contribution in [0.3, 0.4) is 0 Å². The van der Waals surface area contributed by atoms with Gasteiger partial charge in [-0.25, -0.2) is 0 Å². The van der Waals surface area contributed by atoms with Gasteiger partial charge in [0.2, 0.25) is 5.78 Å². The van der Waals surface area contributed by atoms with Gasteiger partial charge in [-0.1, -0.05) is 30.3 Å². The molecule has 1 aromatic rings. The van der Waals surface area contributed by atoms with Gasteiger partial charge >= 0.3 is 16.4 Å². The maximum absolute atomic E-state index is 11.7. The van der Waals surface area contributed by atoms with E-state index < -0.39 is 4.75 Å². The molecule has 0 aliphatic carbocycles. The average molecular weight is 231 g/mol. The normalized spacial score (nSPS) is 10.1. The van der Waals surface area contributed by atoms with Crippen LogP contribution in [0.5, 0.6) is 0 Å². The van der Waals surface area contributed by atoms with Crippen LogP contribution in [0.4, 0.5) is 0 Å². The van der Waals surface area contributed by atoms with E-state index in [0.717, 1.165) is 0 Å². The van der Waals surface area contributed by atoms with Gasteiger partial charge in [-0.2, -0.15) is 0 Å². The summed E-state index contributed by atoms with van der Waals surface area (Å²) in [5.74, 6) is -0.117. The summed E-state index contributed by atoms with van der Waals surface area (Å²) in [7, 11) is 0. The number of hydrogen-bond donors (Lipinski definition) is 0. The second-order valence-corrected chi connectivity index (χ2v) is 4.48. The Hall–Kier alpha value is -0.800. The van der Waals surface area contributed by atoms with E-state index in [1.165, 1.54) is 0 Å². The quantitative estimate of drug-likeness (QED) is 0.497. The second-order valence-electron chi connectivity index (χ2n) is 3.29. The molecule has 14 heavy (non-hydrogen) atoms. The predicted octanol–water partition coefficient (Wildman–Crippen LogP) is -0.920. The highest BCUT2D eigenvalue weighted by Crippen LogP contribution is 2.14. The minimum atomic E-state index is -0.874. The van der Waals surface area contributed by atoms with E-state index in [-0.39, 0.29) is 18.2 Å². The molecule has 0 aromatic heterocycles. The summed E-state index contributed by atoms with van der Waals surface area (Å²) in [4.78, 5) is 11.7. The number of halogens is 1. The van der Waals surface area contributed by atoms with Crippen molar-refractivity contribution in [1.29, 1.82) is 0 Å². The van der Waals surface area contributed by atoms with Crippen LogP contribution in [-0.2, 0) is 15.9 Å². The molecule has 0 fully saturated rings. The first-order valence-electron chi connectivity index (χ1n) is 3.99. The van der Waals surface area contributed by atoms with Crippen molar-refractivity contribution in [3.8, 4) is 0 Å². The highest BCUT2D eigenvalue weighted by molar-refractivity contribution is 7.68. The minimum absolute atomic E-state index is 0. The SMILES string of the molecule is CC(C)([S+]=O)C(=O)c1ccccc1.[Cl-]. The minimum Gasteiger partial charge on any atom is -1.00 e. The number of Topliss-reactive ketones (excluding diaryl/α,β-unsaturated/α-hetero) is 1. The van der Waals surface area contributed by atoms with Crippen molar-refractivity contribution in [2.24, 2.45) is 0 Å². The average Bonchev–Trinajstić information content (AvgIpc) is 2.18. The highest BCUT2D eigenvalue weighted by atomic mass is 35.5. The summed E-state index contributed by atoms with van der Waals surface area (Å²) in [5, 5.41) is 0. The fourth-order valence-corrected chi connectivity index (χ4v) is 1.17. The third-order valence-corrected chi connectivity index (χ3v) is 2.39. The topological polar surface area (TPSA) is 34.1 Å². The van der Waals surface area contributed by atoms with Crippen molar-refractivity contribution < 1.29 is 21.4 Å². The first kappa shape index (κ1) is 13.2. The molecule has 0 amide bonds. The molecule has 1 aromatic carbocycles. The molecule has 0 aliphatic heterocycles. The van der Waals surface area contributed by atoms with Crippen molar-refractivity contribution in [2.75, 3.05) is 0 Å². The third-order valence-electron chi connectivity index (χ3n) is 1.79. The van der Waals surface area contributed by atoms with Gasteiger partial charge in [0.25, 0.3) is 0 Å². The summed E-state index contributed by atoms with van der Waals surface area (Å²) in [5.41, 5.74) is 0.593. The monoisotopic (exact) mass is 230 g/mol. The first-order chi connectivity index (χ1) is 6.08. The summed E-state index contributed by atoms with van der Waals surface area (Å²) in [6.07, 6.45) is 0. The summed E-state index contributed by atoms with van der Waals surface area (Å²) < 4.78 is 9.79. The van der Waals surface area contributed by atoms with E-state index in [1.54, 1.807) is 38.1 Å². The van der Waals surface area contributed by atoms with E-state index in [0.29, 0.717) is 17.2 Å². The zero-order valence-corrected chi connectivity index (χ0v) is 9.56. The molecule has 0 heterocycles. The van der Waals surface area contributed by atoms with Gasteiger partial charge in [0.15, 0.2) is 0 Å². The lowest BCUT2D eigenvalue weighted by atomic mass is 10.0. The first-order valence-corrected chi connectivity index (χ1v) is 4.73. The van der Waals surface area contributed by atoms with Crippen LogP contribution in [0.1, 0.15) is 24.2 Å². The van der Waals surface area contributed by atoms with Gasteiger partial charge in [0.05, 0.1) is 0 Å². The van der Waals surface area contributed by atoms with E-state index in [4.69, 9.17) is 0 Å². The lowest BCUT2D eigenvalue weighted by molar-refractivity contribution is -0.0000113. The van der Waals surface area contributed by atoms with Gasteiger partial charge in [-0.05, 0) is 0 Å². The Bertz CT molecular complexity index is 322. The van der Waals surface area contributed by atoms with Gasteiger partial charge < -0.3 is 12.4 Å². The molecule has 0 N–H and O–H groups in total. The lowest BCUT2D eigenvalue weighted by Gasteiger charge is -2.03. The number of carbonyl (C=O) groups excluding carboxylic acids is 1. The molecule has 0 atom stereocenters. The Morgan fingerprint density at radius 2 is 1.71 bits per heavy atom. The van der Waals surface area contributed by atoms with Crippen LogP contribution in [0, 0.1) is 0 Å². The molecule has 1 rings (SSSR count). The van der Waals surface area contributed by atoms with E-state index >= 15 is 0 Å². The number of ketones is 1. The Kier molecular flexibility index (Phi) is 4.88. The second kappa shape index (κ2) is 5.17. The summed E-state index contributed by atoms with van der Waals surface area (Å²) in [6.45, 7) is 3.28. The molecule has 0 saturated heterocycles. The largest absolute Gasteiger partial charge is 1.00 e. The van der Waals surface area contributed by atoms with E-state index in [1.807, 2.05) is 6.07 Å². The molecule has 2 nitrogen and oxygen atoms in total. The molecule has 4 heteroatoms. The Morgan fingerprint density at radius 1 is 1.21 bits per heavy atom. The highest BCUT2D eigenvalue weighted by Gasteiger charge is 2.42. The molecule has 0 saturated carbocycles. The van der Waals surface area contributed by atoms with Crippen LogP contribution >= 0.6 is 0 Å². The van der Waals surface area contributed by atoms with Crippen LogP contribution < -0.4 is 12.4 Å². The van der Waals surface area contributed by atoms with Crippen molar-refractivity contribution in [3.63, 3.8) is 0 Å². The molecule has 0 aliphatic rings. The molecule has 0 bridgehead atoms. The van der Waals surface area contributed by atoms with Crippen LogP contribution in [0.2, 0.25) is 0 Å². The van der Waals surface area contributed by atoms with Crippen molar-refractivity contribution in [3.05, 3.63) is 35.9 Å². The Balaban J connectivity index is 0.00000169. The van der Waals surface area contributed by atoms with Crippen LogP contribution in [0.25, 0.3) is 0 Å². The predicted molar refractivity (Wildman–Crippen MR) is 52.9 cm³/mol. The van der Waals surface area contributed by atoms with Gasteiger partial charge in [-0.15, -0.1) is 0 Å².